The third-order valence-corrected chi connectivity index (χ3v) is 7.09. The Morgan fingerprint density at radius 3 is 2.31 bits per heavy atom. The SMILES string of the molecule is COc1ccc(NC(=O)N[C@H]2CC[C@@H](N3CCN(c4ccccc4OC(C)C)CC3)CC2)c(OC)c1. The van der Waals surface area contributed by atoms with Crippen LogP contribution < -0.4 is 29.7 Å². The van der Waals surface area contributed by atoms with Crippen LogP contribution in [0.5, 0.6) is 17.2 Å². The molecule has 2 aliphatic rings. The van der Waals surface area contributed by atoms with E-state index >= 15 is 0 Å². The fourth-order valence-corrected chi connectivity index (χ4v) is 5.23. The van der Waals surface area contributed by atoms with Crippen molar-refractivity contribution in [2.24, 2.45) is 0 Å². The monoisotopic (exact) mass is 496 g/mol. The number of nitrogens with one attached hydrogen (secondary N) is 2. The van der Waals surface area contributed by atoms with Crippen LogP contribution in [-0.4, -0.2) is 69.5 Å². The number of rotatable bonds is 8. The quantitative estimate of drug-likeness (QED) is 0.550. The van der Waals surface area contributed by atoms with E-state index in [2.05, 4.69) is 52.5 Å². The van der Waals surface area contributed by atoms with Gasteiger partial charge in [-0.15, -0.1) is 0 Å². The van der Waals surface area contributed by atoms with E-state index in [9.17, 15) is 4.79 Å². The maximum atomic E-state index is 12.6. The molecule has 0 atom stereocenters. The largest absolute Gasteiger partial charge is 0.497 e. The van der Waals surface area contributed by atoms with Gasteiger partial charge in [-0.3, -0.25) is 4.90 Å². The van der Waals surface area contributed by atoms with Gasteiger partial charge in [0.15, 0.2) is 0 Å². The molecule has 1 saturated carbocycles. The standard InChI is InChI=1S/C28H40N4O4/c1-20(2)36-26-8-6-5-7-25(26)32-17-15-31(16-18-32)22-11-9-21(10-12-22)29-28(33)30-24-14-13-23(34-3)19-27(24)35-4/h5-8,13-14,19-22H,9-12,15-18H2,1-4H3,(H2,29,30,33)/t21-,22+. The molecule has 1 aliphatic carbocycles. The Kier molecular flexibility index (Phi) is 8.80. The predicted molar refractivity (Wildman–Crippen MR) is 144 cm³/mol. The molecule has 1 heterocycles. The zero-order valence-corrected chi connectivity index (χ0v) is 22.0. The van der Waals surface area contributed by atoms with Crippen molar-refractivity contribution in [3.8, 4) is 17.2 Å². The summed E-state index contributed by atoms with van der Waals surface area (Å²) in [5, 5.41) is 6.06. The smallest absolute Gasteiger partial charge is 0.319 e. The molecule has 1 saturated heterocycles. The molecule has 4 rings (SSSR count). The number of carbonyl (C=O) groups is 1. The van der Waals surface area contributed by atoms with Gasteiger partial charge in [-0.1, -0.05) is 12.1 Å². The fourth-order valence-electron chi connectivity index (χ4n) is 5.23. The van der Waals surface area contributed by atoms with Crippen LogP contribution in [0.3, 0.4) is 0 Å². The van der Waals surface area contributed by atoms with Gasteiger partial charge in [0.1, 0.15) is 17.2 Å². The summed E-state index contributed by atoms with van der Waals surface area (Å²) >= 11 is 0. The van der Waals surface area contributed by atoms with Crippen molar-refractivity contribution in [1.29, 1.82) is 0 Å². The molecular formula is C28H40N4O4. The van der Waals surface area contributed by atoms with Gasteiger partial charge in [-0.25, -0.2) is 4.79 Å². The molecule has 36 heavy (non-hydrogen) atoms. The summed E-state index contributed by atoms with van der Waals surface area (Å²) in [6.07, 6.45) is 4.34. The van der Waals surface area contributed by atoms with E-state index in [-0.39, 0.29) is 18.2 Å². The van der Waals surface area contributed by atoms with Gasteiger partial charge in [-0.2, -0.15) is 0 Å². The van der Waals surface area contributed by atoms with Crippen LogP contribution in [0.2, 0.25) is 0 Å². The number of urea groups is 1. The summed E-state index contributed by atoms with van der Waals surface area (Å²) in [6.45, 7) is 8.25. The highest BCUT2D eigenvalue weighted by Gasteiger charge is 2.29. The molecular weight excluding hydrogens is 456 g/mol. The minimum absolute atomic E-state index is 0.163. The summed E-state index contributed by atoms with van der Waals surface area (Å²) in [7, 11) is 3.18. The normalized spacial score (nSPS) is 20.6. The molecule has 0 unspecified atom stereocenters. The van der Waals surface area contributed by atoms with Crippen molar-refractivity contribution >= 4 is 17.4 Å². The number of benzene rings is 2. The number of hydrogen-bond acceptors (Lipinski definition) is 6. The van der Waals surface area contributed by atoms with Crippen molar-refractivity contribution in [2.45, 2.75) is 57.7 Å². The van der Waals surface area contributed by atoms with Crippen LogP contribution in [0.15, 0.2) is 42.5 Å². The molecule has 0 radical (unpaired) electrons. The first-order valence-corrected chi connectivity index (χ1v) is 13.0. The summed E-state index contributed by atoms with van der Waals surface area (Å²) in [6, 6.07) is 14.3. The molecule has 0 aromatic heterocycles. The zero-order valence-electron chi connectivity index (χ0n) is 22.0. The molecule has 2 fully saturated rings. The van der Waals surface area contributed by atoms with Crippen LogP contribution in [-0.2, 0) is 0 Å². The van der Waals surface area contributed by atoms with Crippen LogP contribution in [0, 0.1) is 0 Å². The second-order valence-electron chi connectivity index (χ2n) is 9.83. The highest BCUT2D eigenvalue weighted by molar-refractivity contribution is 5.91. The molecule has 2 aromatic rings. The average Bonchev–Trinajstić information content (AvgIpc) is 2.89. The average molecular weight is 497 g/mol. The summed E-state index contributed by atoms with van der Waals surface area (Å²) in [5.74, 6) is 2.23. The second kappa shape index (κ2) is 12.2. The molecule has 2 amide bonds. The fraction of sp³-hybridized carbons (Fsp3) is 0.536. The van der Waals surface area contributed by atoms with E-state index in [1.165, 1.54) is 5.69 Å². The van der Waals surface area contributed by atoms with Gasteiger partial charge < -0.3 is 29.7 Å². The molecule has 196 valence electrons. The Hall–Kier alpha value is -3.13. The van der Waals surface area contributed by atoms with Gasteiger partial charge in [0.25, 0.3) is 0 Å². The molecule has 0 bridgehead atoms. The first kappa shape index (κ1) is 25.9. The third-order valence-electron chi connectivity index (χ3n) is 7.09. The van der Waals surface area contributed by atoms with Gasteiger partial charge in [0.2, 0.25) is 0 Å². The van der Waals surface area contributed by atoms with Gasteiger partial charge in [-0.05, 0) is 63.8 Å². The van der Waals surface area contributed by atoms with Gasteiger partial charge in [0, 0.05) is 44.3 Å². The number of para-hydroxylation sites is 2. The first-order chi connectivity index (χ1) is 17.5. The zero-order chi connectivity index (χ0) is 25.5. The lowest BCUT2D eigenvalue weighted by molar-refractivity contribution is 0.137. The lowest BCUT2D eigenvalue weighted by Crippen LogP contribution is -2.52. The van der Waals surface area contributed by atoms with Crippen molar-refractivity contribution in [1.82, 2.24) is 10.2 Å². The molecule has 2 N–H and O–H groups in total. The highest BCUT2D eigenvalue weighted by atomic mass is 16.5. The van der Waals surface area contributed by atoms with Crippen LogP contribution in [0.4, 0.5) is 16.2 Å². The minimum atomic E-state index is -0.196. The molecule has 2 aromatic carbocycles. The van der Waals surface area contributed by atoms with Gasteiger partial charge in [0.05, 0.1) is 31.7 Å². The number of ether oxygens (including phenoxy) is 3. The Morgan fingerprint density at radius 1 is 0.917 bits per heavy atom. The second-order valence-corrected chi connectivity index (χ2v) is 9.83. The topological polar surface area (TPSA) is 75.3 Å². The lowest BCUT2D eigenvalue weighted by Gasteiger charge is -2.43. The van der Waals surface area contributed by atoms with Crippen LogP contribution in [0.25, 0.3) is 0 Å². The maximum Gasteiger partial charge on any atom is 0.319 e. The molecule has 0 spiro atoms. The minimum Gasteiger partial charge on any atom is -0.497 e. The van der Waals surface area contributed by atoms with Crippen LogP contribution in [0.1, 0.15) is 39.5 Å². The van der Waals surface area contributed by atoms with E-state index in [0.29, 0.717) is 23.2 Å². The van der Waals surface area contributed by atoms with Crippen molar-refractivity contribution in [3.05, 3.63) is 42.5 Å². The Morgan fingerprint density at radius 2 is 1.64 bits per heavy atom. The number of methoxy groups -OCH3 is 2. The summed E-state index contributed by atoms with van der Waals surface area (Å²) in [4.78, 5) is 17.7. The molecule has 1 aliphatic heterocycles. The Balaban J connectivity index is 1.23. The van der Waals surface area contributed by atoms with Crippen molar-refractivity contribution in [3.63, 3.8) is 0 Å². The Labute approximate surface area is 214 Å². The molecule has 8 nitrogen and oxygen atoms in total. The summed E-state index contributed by atoms with van der Waals surface area (Å²) in [5.41, 5.74) is 1.82. The Bertz CT molecular complexity index is 999. The number of nitrogens with zero attached hydrogens (tertiary/aromatic N) is 2. The number of piperazine rings is 1. The van der Waals surface area contributed by atoms with E-state index in [0.717, 1.165) is 57.6 Å². The van der Waals surface area contributed by atoms with E-state index in [1.807, 2.05) is 6.07 Å². The lowest BCUT2D eigenvalue weighted by atomic mass is 9.90. The van der Waals surface area contributed by atoms with Gasteiger partial charge >= 0.3 is 6.03 Å². The number of amides is 2. The van der Waals surface area contributed by atoms with E-state index < -0.39 is 0 Å². The van der Waals surface area contributed by atoms with Crippen LogP contribution >= 0.6 is 0 Å². The molecule has 8 heteroatoms. The van der Waals surface area contributed by atoms with E-state index in [4.69, 9.17) is 14.2 Å². The third kappa shape index (κ3) is 6.55. The maximum absolute atomic E-state index is 12.6. The summed E-state index contributed by atoms with van der Waals surface area (Å²) < 4.78 is 16.6. The highest BCUT2D eigenvalue weighted by Crippen LogP contribution is 2.32. The number of carbonyl (C=O) groups excluding carboxylic acids is 1. The first-order valence-electron chi connectivity index (χ1n) is 13.0. The number of anilines is 2. The van der Waals surface area contributed by atoms with E-state index in [1.54, 1.807) is 32.4 Å². The van der Waals surface area contributed by atoms with Crippen molar-refractivity contribution in [2.75, 3.05) is 50.6 Å². The predicted octanol–water partition coefficient (Wildman–Crippen LogP) is 4.75. The van der Waals surface area contributed by atoms with Crippen molar-refractivity contribution < 1.29 is 19.0 Å². The number of hydrogen-bond donors (Lipinski definition) is 2.